The van der Waals surface area contributed by atoms with Crippen molar-refractivity contribution in [2.75, 3.05) is 23.8 Å². The van der Waals surface area contributed by atoms with Gasteiger partial charge in [0.2, 0.25) is 0 Å². The fourth-order valence-corrected chi connectivity index (χ4v) is 9.02. The number of carbonyl (C=O) groups excluding carboxylic acids is 2. The molecule has 0 atom stereocenters. The number of nitrogens with zero attached hydrogens (tertiary/aromatic N) is 4. The molecule has 3 aromatic heterocycles. The number of anilines is 2. The summed E-state index contributed by atoms with van der Waals surface area (Å²) in [4.78, 5) is 53.0. The molecule has 0 saturated heterocycles. The van der Waals surface area contributed by atoms with Crippen molar-refractivity contribution in [2.45, 2.75) is 38.1 Å². The number of carboxylic acid groups (broad SMARTS) is 1. The van der Waals surface area contributed by atoms with Crippen molar-refractivity contribution < 1.29 is 29.0 Å². The Morgan fingerprint density at radius 2 is 1.35 bits per heavy atom. The Balaban J connectivity index is 1.13. The van der Waals surface area contributed by atoms with Crippen LogP contribution in [0.5, 0.6) is 11.5 Å². The minimum Gasteiger partial charge on any atom is -0.482 e. The van der Waals surface area contributed by atoms with E-state index in [0.29, 0.717) is 50.6 Å². The third-order valence-electron chi connectivity index (χ3n) is 11.8. The van der Waals surface area contributed by atoms with Gasteiger partial charge in [-0.25, -0.2) is 14.8 Å². The summed E-state index contributed by atoms with van der Waals surface area (Å²) in [6, 6.07) is 32.9. The molecule has 1 fully saturated rings. The summed E-state index contributed by atoms with van der Waals surface area (Å²) in [5, 5.41) is 18.7. The second-order valence-corrected chi connectivity index (χ2v) is 15.6. The minimum absolute atomic E-state index is 0.00679. The first-order valence-corrected chi connectivity index (χ1v) is 20.1. The molecule has 60 heavy (non-hydrogen) atoms. The van der Waals surface area contributed by atoms with Gasteiger partial charge >= 0.3 is 5.97 Å². The van der Waals surface area contributed by atoms with Gasteiger partial charge in [-0.1, -0.05) is 43.5 Å². The zero-order valence-electron chi connectivity index (χ0n) is 32.2. The number of rotatable bonds is 6. The molecule has 1 saturated carbocycles. The van der Waals surface area contributed by atoms with Crippen LogP contribution in [0, 0.1) is 0 Å². The lowest BCUT2D eigenvalue weighted by Gasteiger charge is -2.26. The second kappa shape index (κ2) is 14.0. The van der Waals surface area contributed by atoms with E-state index in [-0.39, 0.29) is 36.6 Å². The van der Waals surface area contributed by atoms with Gasteiger partial charge in [-0.3, -0.25) is 14.6 Å². The summed E-state index contributed by atoms with van der Waals surface area (Å²) in [6.07, 6.45) is 6.95. The van der Waals surface area contributed by atoms with Crippen LogP contribution in [0.4, 0.5) is 11.4 Å². The van der Waals surface area contributed by atoms with Crippen molar-refractivity contribution in [1.29, 1.82) is 0 Å². The number of hydrogen-bond donors (Lipinski definition) is 3. The molecular formula is C48H36N6O6. The molecule has 0 unspecified atom stereocenters. The van der Waals surface area contributed by atoms with Crippen LogP contribution >= 0.6 is 0 Å². The van der Waals surface area contributed by atoms with Gasteiger partial charge in [0.15, 0.2) is 13.2 Å². The molecule has 294 valence electrons. The monoisotopic (exact) mass is 792 g/mol. The van der Waals surface area contributed by atoms with Gasteiger partial charge in [0, 0.05) is 39.7 Å². The van der Waals surface area contributed by atoms with Crippen LogP contribution in [0.3, 0.4) is 0 Å². The normalized spacial score (nSPS) is 15.2. The van der Waals surface area contributed by atoms with E-state index in [4.69, 9.17) is 19.4 Å². The first-order chi connectivity index (χ1) is 29.3. The van der Waals surface area contributed by atoms with Crippen LogP contribution in [0.1, 0.15) is 48.5 Å². The lowest BCUT2D eigenvalue weighted by molar-refractivity contribution is -0.119. The van der Waals surface area contributed by atoms with Crippen LogP contribution in [-0.4, -0.2) is 55.6 Å². The number of hydrogen-bond acceptors (Lipinski definition) is 8. The van der Waals surface area contributed by atoms with Gasteiger partial charge in [0.1, 0.15) is 17.3 Å². The number of aromatic carboxylic acids is 1. The van der Waals surface area contributed by atoms with Crippen LogP contribution < -0.4 is 20.1 Å². The minimum atomic E-state index is -1.10. The molecule has 8 aromatic rings. The summed E-state index contributed by atoms with van der Waals surface area (Å²) in [7, 11) is 0. The topological polar surface area (TPSA) is 158 Å². The number of nitrogens with one attached hydrogen (secondary N) is 2. The molecule has 1 aliphatic carbocycles. The lowest BCUT2D eigenvalue weighted by Crippen LogP contribution is -2.25. The third kappa shape index (κ3) is 6.07. The van der Waals surface area contributed by atoms with Gasteiger partial charge in [0.25, 0.3) is 11.8 Å². The fraction of sp³-hybridized carbons (Fsp3) is 0.167. The first kappa shape index (κ1) is 35.6. The van der Waals surface area contributed by atoms with Gasteiger partial charge in [-0.2, -0.15) is 0 Å². The van der Waals surface area contributed by atoms with E-state index >= 15 is 0 Å². The Morgan fingerprint density at radius 3 is 2.12 bits per heavy atom. The predicted molar refractivity (Wildman–Crippen MR) is 229 cm³/mol. The average Bonchev–Trinajstić information content (AvgIpc) is 3.67. The number of aromatic nitrogens is 4. The van der Waals surface area contributed by atoms with Crippen LogP contribution in [-0.2, 0) is 9.59 Å². The zero-order chi connectivity index (χ0) is 40.5. The number of carbonyl (C=O) groups is 3. The first-order valence-electron chi connectivity index (χ1n) is 20.1. The highest BCUT2D eigenvalue weighted by Gasteiger charge is 2.30. The van der Waals surface area contributed by atoms with E-state index < -0.39 is 5.97 Å². The Kier molecular flexibility index (Phi) is 8.33. The summed E-state index contributed by atoms with van der Waals surface area (Å²) in [6.45, 7) is -0.0898. The molecule has 0 bridgehead atoms. The molecule has 0 radical (unpaired) electrons. The zero-order valence-corrected chi connectivity index (χ0v) is 32.2. The molecule has 0 spiro atoms. The van der Waals surface area contributed by atoms with Gasteiger partial charge < -0.3 is 29.8 Å². The SMILES string of the molecule is O=C1COc2ccc(-c3ccc4cc(-c5nc6c(-c7ccc8ncccc8c7)c(C(=O)O)c(-c7ccc8c(c7)NC(=O)CO8)cc6n5C5CCCCC5)ccc4n3)cc2N1. The molecule has 12 heteroatoms. The largest absolute Gasteiger partial charge is 0.482 e. The molecule has 11 rings (SSSR count). The van der Waals surface area contributed by atoms with Gasteiger partial charge in [0.05, 0.1) is 44.7 Å². The maximum Gasteiger partial charge on any atom is 0.337 e. The van der Waals surface area contributed by atoms with Crippen molar-refractivity contribution in [3.63, 3.8) is 0 Å². The Bertz CT molecular complexity index is 3130. The molecule has 5 heterocycles. The number of carboxylic acids is 1. The molecular weight excluding hydrogens is 757 g/mol. The summed E-state index contributed by atoms with van der Waals surface area (Å²) >= 11 is 0. The van der Waals surface area contributed by atoms with E-state index in [1.165, 1.54) is 0 Å². The van der Waals surface area contributed by atoms with E-state index in [9.17, 15) is 19.5 Å². The predicted octanol–water partition coefficient (Wildman–Crippen LogP) is 9.67. The van der Waals surface area contributed by atoms with E-state index in [1.807, 2.05) is 84.9 Å². The van der Waals surface area contributed by atoms with E-state index in [0.717, 1.165) is 82.1 Å². The molecule has 3 aliphatic rings. The molecule has 12 nitrogen and oxygen atoms in total. The number of fused-ring (bicyclic) bond motifs is 5. The number of ether oxygens (including phenoxy) is 2. The number of amides is 2. The molecule has 2 amide bonds. The average molecular weight is 793 g/mol. The summed E-state index contributed by atoms with van der Waals surface area (Å²) in [5.74, 6) is 0.330. The quantitative estimate of drug-likeness (QED) is 0.149. The third-order valence-corrected chi connectivity index (χ3v) is 11.8. The summed E-state index contributed by atoms with van der Waals surface area (Å²) in [5.41, 5.74) is 9.04. The molecule has 2 aliphatic heterocycles. The second-order valence-electron chi connectivity index (χ2n) is 15.6. The number of pyridine rings is 2. The lowest BCUT2D eigenvalue weighted by atomic mass is 9.89. The fourth-order valence-electron chi connectivity index (χ4n) is 9.02. The molecule has 5 aromatic carbocycles. The number of benzene rings is 5. The smallest absolute Gasteiger partial charge is 0.337 e. The molecule has 3 N–H and O–H groups in total. The summed E-state index contributed by atoms with van der Waals surface area (Å²) < 4.78 is 13.6. The number of imidazole rings is 1. The van der Waals surface area contributed by atoms with Crippen molar-refractivity contribution in [3.05, 3.63) is 115 Å². The van der Waals surface area contributed by atoms with Crippen LogP contribution in [0.2, 0.25) is 0 Å². The van der Waals surface area contributed by atoms with Crippen molar-refractivity contribution in [3.8, 4) is 56.4 Å². The Hall–Kier alpha value is -7.60. The van der Waals surface area contributed by atoms with Crippen molar-refractivity contribution >= 4 is 62.0 Å². The van der Waals surface area contributed by atoms with E-state index in [2.05, 4.69) is 26.3 Å². The highest BCUT2D eigenvalue weighted by Crippen LogP contribution is 2.45. The Labute approximate surface area is 342 Å². The van der Waals surface area contributed by atoms with Crippen LogP contribution in [0.25, 0.3) is 77.7 Å². The van der Waals surface area contributed by atoms with Gasteiger partial charge in [-0.05, 0) is 108 Å². The highest BCUT2D eigenvalue weighted by atomic mass is 16.5. The van der Waals surface area contributed by atoms with Crippen LogP contribution in [0.15, 0.2) is 109 Å². The maximum absolute atomic E-state index is 13.7. The van der Waals surface area contributed by atoms with E-state index in [1.54, 1.807) is 18.3 Å². The maximum atomic E-state index is 13.7. The Morgan fingerprint density at radius 1 is 0.683 bits per heavy atom. The van der Waals surface area contributed by atoms with Gasteiger partial charge in [-0.15, -0.1) is 0 Å². The highest BCUT2D eigenvalue weighted by molar-refractivity contribution is 6.13. The standard InChI is InChI=1S/C48H36N6O6/c55-42-24-59-40-16-11-26(21-37(40)51-42)33-23-39-46(44(45(33)48(57)58)30-9-13-34-27(19-30)5-4-18-49-34)53-47(54(39)32-6-2-1-3-7-32)31-10-15-35-28(20-31)8-14-36(50-35)29-12-17-41-38(22-29)52-43(56)25-60-41/h4-5,8-23,32H,1-3,6-7,24-25H2,(H,51,55)(H,52,56)(H,57,58). The van der Waals surface area contributed by atoms with Crippen molar-refractivity contribution in [2.24, 2.45) is 0 Å². The van der Waals surface area contributed by atoms with Crippen molar-refractivity contribution in [1.82, 2.24) is 19.5 Å².